The predicted octanol–water partition coefficient (Wildman–Crippen LogP) is 5.62. The molecule has 0 spiro atoms. The van der Waals surface area contributed by atoms with E-state index in [-0.39, 0.29) is 11.9 Å². The molecule has 1 unspecified atom stereocenters. The molecule has 252 valence electrons. The average Bonchev–Trinajstić information content (AvgIpc) is 3.50. The van der Waals surface area contributed by atoms with Gasteiger partial charge in [0, 0.05) is 67.0 Å². The average molecular weight is 693 g/mol. The summed E-state index contributed by atoms with van der Waals surface area (Å²) < 4.78 is 16.9. The fourth-order valence-electron chi connectivity index (χ4n) is 6.04. The lowest BCUT2D eigenvalue weighted by molar-refractivity contribution is -0.119. The van der Waals surface area contributed by atoms with Crippen molar-refractivity contribution in [3.8, 4) is 45.4 Å². The first-order valence-electron chi connectivity index (χ1n) is 16.1. The van der Waals surface area contributed by atoms with Crippen LogP contribution in [-0.4, -0.2) is 71.4 Å². The van der Waals surface area contributed by atoms with Crippen molar-refractivity contribution in [1.82, 2.24) is 35.9 Å². The predicted molar refractivity (Wildman–Crippen MR) is 185 cm³/mol. The van der Waals surface area contributed by atoms with Gasteiger partial charge in [0.25, 0.3) is 0 Å². The Labute approximate surface area is 290 Å². The summed E-state index contributed by atoms with van der Waals surface area (Å²) in [7, 11) is 3.15. The number of benzene rings is 2. The molecule has 11 nitrogen and oxygen atoms in total. The Morgan fingerprint density at radius 3 is 1.94 bits per heavy atom. The van der Waals surface area contributed by atoms with Crippen LogP contribution in [0.3, 0.4) is 0 Å². The highest BCUT2D eigenvalue weighted by Gasteiger charge is 2.29. The summed E-state index contributed by atoms with van der Waals surface area (Å²) >= 11 is 14.1. The van der Waals surface area contributed by atoms with Crippen LogP contribution in [0.25, 0.3) is 33.6 Å². The monoisotopic (exact) mass is 691 g/mol. The van der Waals surface area contributed by atoms with Crippen molar-refractivity contribution in [2.24, 2.45) is 0 Å². The van der Waals surface area contributed by atoms with Gasteiger partial charge in [-0.15, -0.1) is 0 Å². The third-order valence-corrected chi connectivity index (χ3v) is 9.49. The van der Waals surface area contributed by atoms with E-state index >= 15 is 0 Å². The SMILES string of the molecule is CCOC1CC(NCc2ncc(-c3cccc(-c4cccc(-c5cnc(CNCC6CCC(=O)N6)c(OC)n5)c4Cl)c3Cl)nc2OC)C1. The van der Waals surface area contributed by atoms with Crippen LogP contribution < -0.4 is 25.4 Å². The highest BCUT2D eigenvalue weighted by Crippen LogP contribution is 2.42. The minimum Gasteiger partial charge on any atom is -0.480 e. The minimum absolute atomic E-state index is 0.0859. The lowest BCUT2D eigenvalue weighted by Crippen LogP contribution is -2.45. The molecule has 1 saturated carbocycles. The number of hydrogen-bond donors (Lipinski definition) is 3. The van der Waals surface area contributed by atoms with Crippen LogP contribution >= 0.6 is 23.2 Å². The van der Waals surface area contributed by atoms with Gasteiger partial charge in [-0.05, 0) is 26.2 Å². The molecule has 3 N–H and O–H groups in total. The molecule has 1 aliphatic heterocycles. The lowest BCUT2D eigenvalue weighted by Gasteiger charge is -2.35. The van der Waals surface area contributed by atoms with Crippen LogP contribution in [0, 0.1) is 0 Å². The molecule has 0 bridgehead atoms. The van der Waals surface area contributed by atoms with Crippen LogP contribution in [-0.2, 0) is 22.6 Å². The maximum Gasteiger partial charge on any atom is 0.237 e. The van der Waals surface area contributed by atoms with Crippen molar-refractivity contribution in [2.75, 3.05) is 27.4 Å². The Hall–Kier alpha value is -3.87. The summed E-state index contributed by atoms with van der Waals surface area (Å²) in [5.74, 6) is 0.923. The first kappa shape index (κ1) is 34.0. The fraction of sp³-hybridized carbons (Fsp3) is 0.400. The quantitative estimate of drug-likeness (QED) is 0.153. The Morgan fingerprint density at radius 2 is 1.42 bits per heavy atom. The van der Waals surface area contributed by atoms with E-state index in [1.807, 2.05) is 43.3 Å². The van der Waals surface area contributed by atoms with Crippen molar-refractivity contribution < 1.29 is 19.0 Å². The van der Waals surface area contributed by atoms with Gasteiger partial charge in [0.2, 0.25) is 17.7 Å². The Morgan fingerprint density at radius 1 is 0.854 bits per heavy atom. The van der Waals surface area contributed by atoms with Gasteiger partial charge in [0.15, 0.2) is 0 Å². The molecule has 3 heterocycles. The lowest BCUT2D eigenvalue weighted by atomic mass is 9.89. The molecule has 2 aliphatic rings. The normalized spacial score (nSPS) is 18.8. The van der Waals surface area contributed by atoms with Gasteiger partial charge in [-0.25, -0.2) is 9.97 Å². The van der Waals surface area contributed by atoms with Crippen molar-refractivity contribution in [3.05, 3.63) is 70.2 Å². The van der Waals surface area contributed by atoms with Crippen LogP contribution in [0.5, 0.6) is 11.8 Å². The molecule has 2 fully saturated rings. The standard InChI is InChI=1S/C35H39Cl2N7O4/c1-4-48-22-13-21(14-22)39-19-30-35(47-3)44-28(18-41-30)26-10-6-8-24(33(26)37)23-7-5-9-25(32(23)36)27-17-40-29(34(43-27)46-2)16-38-15-20-11-12-31(45)42-20/h5-10,17-18,20-22,38-39H,4,11-16,19H2,1-3H3,(H,42,45). The van der Waals surface area contributed by atoms with Gasteiger partial charge < -0.3 is 30.2 Å². The maximum absolute atomic E-state index is 11.5. The highest BCUT2D eigenvalue weighted by molar-refractivity contribution is 6.39. The number of carbonyl (C=O) groups excluding carboxylic acids is 1. The molecule has 2 aromatic heterocycles. The number of ether oxygens (including phenoxy) is 3. The van der Waals surface area contributed by atoms with Gasteiger partial charge in [-0.3, -0.25) is 14.8 Å². The second-order valence-corrected chi connectivity index (χ2v) is 12.6. The first-order chi connectivity index (χ1) is 23.4. The van der Waals surface area contributed by atoms with Gasteiger partial charge >= 0.3 is 0 Å². The Bertz CT molecular complexity index is 1770. The summed E-state index contributed by atoms with van der Waals surface area (Å²) in [6, 6.07) is 11.9. The molecule has 0 radical (unpaired) electrons. The number of hydrogen-bond acceptors (Lipinski definition) is 10. The van der Waals surface area contributed by atoms with E-state index in [0.717, 1.165) is 42.7 Å². The van der Waals surface area contributed by atoms with E-state index in [0.29, 0.717) is 88.2 Å². The van der Waals surface area contributed by atoms with Gasteiger partial charge in [-0.1, -0.05) is 59.6 Å². The highest BCUT2D eigenvalue weighted by atomic mass is 35.5. The number of rotatable bonds is 14. The van der Waals surface area contributed by atoms with Crippen molar-refractivity contribution >= 4 is 29.1 Å². The van der Waals surface area contributed by atoms with E-state index in [1.165, 1.54) is 0 Å². The van der Waals surface area contributed by atoms with E-state index in [4.69, 9.17) is 47.4 Å². The number of aromatic nitrogens is 4. The summed E-state index contributed by atoms with van der Waals surface area (Å²) in [4.78, 5) is 30.3. The molecule has 1 aliphatic carbocycles. The van der Waals surface area contributed by atoms with Gasteiger partial charge in [-0.2, -0.15) is 0 Å². The van der Waals surface area contributed by atoms with E-state index < -0.39 is 0 Å². The topological polar surface area (TPSA) is 132 Å². The molecule has 6 rings (SSSR count). The van der Waals surface area contributed by atoms with Crippen LogP contribution in [0.2, 0.25) is 10.0 Å². The molecule has 48 heavy (non-hydrogen) atoms. The molecule has 2 aromatic carbocycles. The number of methoxy groups -OCH3 is 2. The van der Waals surface area contributed by atoms with Gasteiger partial charge in [0.05, 0.1) is 54.2 Å². The van der Waals surface area contributed by atoms with E-state index in [9.17, 15) is 4.79 Å². The number of nitrogens with one attached hydrogen (secondary N) is 3. The zero-order chi connectivity index (χ0) is 33.6. The van der Waals surface area contributed by atoms with Gasteiger partial charge in [0.1, 0.15) is 11.4 Å². The van der Waals surface area contributed by atoms with Crippen molar-refractivity contribution in [2.45, 2.75) is 63.9 Å². The van der Waals surface area contributed by atoms with Crippen LogP contribution in [0.15, 0.2) is 48.8 Å². The second-order valence-electron chi connectivity index (χ2n) is 11.8. The minimum atomic E-state index is 0.0859. The zero-order valence-electron chi connectivity index (χ0n) is 27.2. The fourth-order valence-corrected chi connectivity index (χ4v) is 6.69. The smallest absolute Gasteiger partial charge is 0.237 e. The molecule has 1 amide bonds. The maximum atomic E-state index is 11.5. The first-order valence-corrected chi connectivity index (χ1v) is 16.9. The van der Waals surface area contributed by atoms with E-state index in [1.54, 1.807) is 26.6 Å². The molecule has 1 saturated heterocycles. The van der Waals surface area contributed by atoms with Crippen LogP contribution in [0.1, 0.15) is 44.0 Å². The third kappa shape index (κ3) is 7.55. The summed E-state index contributed by atoms with van der Waals surface area (Å²) in [5, 5.41) is 10.8. The molecule has 1 atom stereocenters. The Balaban J connectivity index is 1.20. The zero-order valence-corrected chi connectivity index (χ0v) is 28.7. The number of amides is 1. The largest absolute Gasteiger partial charge is 0.480 e. The summed E-state index contributed by atoms with van der Waals surface area (Å²) in [6.07, 6.45) is 7.08. The summed E-state index contributed by atoms with van der Waals surface area (Å²) in [5.41, 5.74) is 5.40. The second kappa shape index (κ2) is 15.6. The third-order valence-electron chi connectivity index (χ3n) is 8.67. The Kier molecular flexibility index (Phi) is 11.0. The molecular weight excluding hydrogens is 653 g/mol. The molecule has 13 heteroatoms. The van der Waals surface area contributed by atoms with Crippen molar-refractivity contribution in [3.63, 3.8) is 0 Å². The number of carbonyl (C=O) groups is 1. The number of halogens is 2. The molecular formula is C35H39Cl2N7O4. The summed E-state index contributed by atoms with van der Waals surface area (Å²) in [6.45, 7) is 4.38. The van der Waals surface area contributed by atoms with Crippen LogP contribution in [0.4, 0.5) is 0 Å². The molecule has 4 aromatic rings. The number of nitrogens with zero attached hydrogens (tertiary/aromatic N) is 4. The van der Waals surface area contributed by atoms with Crippen molar-refractivity contribution in [1.29, 1.82) is 0 Å². The van der Waals surface area contributed by atoms with E-state index in [2.05, 4.69) is 25.9 Å².